The van der Waals surface area contributed by atoms with Gasteiger partial charge in [-0.1, -0.05) is 17.8 Å². The molecule has 1 aliphatic rings. The number of hydrogen-bond donors (Lipinski definition) is 2. The number of nitrogens with one attached hydrogen (secondary N) is 2. The SMILES string of the molecule is COc1ccc(NC(=O)c2nnc(CCCC(=O)NCCN3CCCC[C@@H]3C)s2)cc1. The van der Waals surface area contributed by atoms with E-state index in [-0.39, 0.29) is 11.8 Å². The summed E-state index contributed by atoms with van der Waals surface area (Å²) in [6.07, 6.45) is 5.56. The van der Waals surface area contributed by atoms with Gasteiger partial charge in [-0.2, -0.15) is 0 Å². The summed E-state index contributed by atoms with van der Waals surface area (Å²) < 4.78 is 5.11. The zero-order chi connectivity index (χ0) is 22.1. The Morgan fingerprint density at radius 1 is 1.23 bits per heavy atom. The van der Waals surface area contributed by atoms with Crippen molar-refractivity contribution in [3.63, 3.8) is 0 Å². The van der Waals surface area contributed by atoms with Crippen molar-refractivity contribution in [2.45, 2.75) is 51.5 Å². The predicted octanol–water partition coefficient (Wildman–Crippen LogP) is 3.11. The van der Waals surface area contributed by atoms with Crippen LogP contribution in [0.2, 0.25) is 0 Å². The van der Waals surface area contributed by atoms with Crippen LogP contribution in [0.1, 0.15) is 53.8 Å². The molecule has 1 aromatic heterocycles. The molecular weight excluding hydrogens is 414 g/mol. The van der Waals surface area contributed by atoms with Gasteiger partial charge in [0.15, 0.2) is 0 Å². The van der Waals surface area contributed by atoms with Crippen molar-refractivity contribution in [3.05, 3.63) is 34.3 Å². The normalized spacial score (nSPS) is 16.6. The quantitative estimate of drug-likeness (QED) is 0.583. The second kappa shape index (κ2) is 11.8. The van der Waals surface area contributed by atoms with Crippen LogP contribution in [0.3, 0.4) is 0 Å². The van der Waals surface area contributed by atoms with Gasteiger partial charge in [-0.3, -0.25) is 14.5 Å². The lowest BCUT2D eigenvalue weighted by Gasteiger charge is -2.33. The molecule has 2 aromatic rings. The van der Waals surface area contributed by atoms with Crippen LogP contribution in [0.25, 0.3) is 0 Å². The van der Waals surface area contributed by atoms with E-state index in [1.807, 2.05) is 0 Å². The van der Waals surface area contributed by atoms with E-state index < -0.39 is 0 Å². The summed E-state index contributed by atoms with van der Waals surface area (Å²) in [6, 6.07) is 7.70. The number of aryl methyl sites for hydroxylation is 1. The van der Waals surface area contributed by atoms with Gasteiger partial charge >= 0.3 is 0 Å². The van der Waals surface area contributed by atoms with Crippen LogP contribution in [0.5, 0.6) is 5.75 Å². The van der Waals surface area contributed by atoms with Crippen LogP contribution in [-0.4, -0.2) is 59.7 Å². The number of carbonyl (C=O) groups excluding carboxylic acids is 2. The predicted molar refractivity (Wildman–Crippen MR) is 122 cm³/mol. The molecule has 2 amide bonds. The third-order valence-electron chi connectivity index (χ3n) is 5.47. The minimum Gasteiger partial charge on any atom is -0.497 e. The van der Waals surface area contributed by atoms with E-state index in [9.17, 15) is 9.59 Å². The number of likely N-dealkylation sites (tertiary alicyclic amines) is 1. The van der Waals surface area contributed by atoms with Gasteiger partial charge in [0.25, 0.3) is 5.91 Å². The number of hydrogen-bond acceptors (Lipinski definition) is 7. The molecule has 0 saturated carbocycles. The maximum atomic E-state index is 12.3. The highest BCUT2D eigenvalue weighted by Crippen LogP contribution is 2.18. The van der Waals surface area contributed by atoms with Gasteiger partial charge < -0.3 is 15.4 Å². The summed E-state index contributed by atoms with van der Waals surface area (Å²) in [6.45, 7) is 4.99. The summed E-state index contributed by atoms with van der Waals surface area (Å²) >= 11 is 1.26. The molecule has 3 rings (SSSR count). The Bertz CT molecular complexity index is 855. The standard InChI is InChI=1S/C22H31N5O3S/c1-16-6-3-4-14-27(16)15-13-23-19(28)7-5-8-20-25-26-22(31-20)21(29)24-17-9-11-18(30-2)12-10-17/h9-12,16H,3-8,13-15H2,1-2H3,(H,23,28)(H,24,29)/t16-/m0/s1. The van der Waals surface area contributed by atoms with Gasteiger partial charge in [0.05, 0.1) is 7.11 Å². The molecule has 0 bridgehead atoms. The van der Waals surface area contributed by atoms with Crippen LogP contribution >= 0.6 is 11.3 Å². The number of rotatable bonds is 10. The first kappa shape index (κ1) is 23.1. The minimum atomic E-state index is -0.293. The fourth-order valence-electron chi connectivity index (χ4n) is 3.62. The van der Waals surface area contributed by atoms with Crippen LogP contribution in [0.15, 0.2) is 24.3 Å². The molecule has 9 heteroatoms. The molecule has 168 valence electrons. The number of amides is 2. The van der Waals surface area contributed by atoms with Crippen molar-refractivity contribution in [3.8, 4) is 5.75 Å². The van der Waals surface area contributed by atoms with Crippen molar-refractivity contribution in [2.75, 3.05) is 32.1 Å². The van der Waals surface area contributed by atoms with E-state index in [0.29, 0.717) is 42.5 Å². The first-order valence-corrected chi connectivity index (χ1v) is 11.7. The molecule has 0 aliphatic carbocycles. The molecule has 1 atom stereocenters. The van der Waals surface area contributed by atoms with E-state index in [0.717, 1.165) is 23.8 Å². The number of nitrogens with zero attached hydrogens (tertiary/aromatic N) is 3. The van der Waals surface area contributed by atoms with Crippen LogP contribution < -0.4 is 15.4 Å². The molecule has 1 fully saturated rings. The van der Waals surface area contributed by atoms with Gasteiger partial charge in [0.2, 0.25) is 10.9 Å². The van der Waals surface area contributed by atoms with E-state index in [2.05, 4.69) is 32.7 Å². The Hall–Kier alpha value is -2.52. The van der Waals surface area contributed by atoms with E-state index in [1.54, 1.807) is 31.4 Å². The van der Waals surface area contributed by atoms with Crippen LogP contribution in [0, 0.1) is 0 Å². The molecule has 1 aliphatic heterocycles. The molecule has 2 heterocycles. The summed E-state index contributed by atoms with van der Waals surface area (Å²) in [4.78, 5) is 26.9. The van der Waals surface area contributed by atoms with Gasteiger partial charge in [-0.05, 0) is 57.0 Å². The maximum absolute atomic E-state index is 12.3. The number of methoxy groups -OCH3 is 1. The first-order valence-electron chi connectivity index (χ1n) is 10.8. The largest absolute Gasteiger partial charge is 0.497 e. The zero-order valence-corrected chi connectivity index (χ0v) is 19.0. The van der Waals surface area contributed by atoms with Crippen molar-refractivity contribution >= 4 is 28.8 Å². The Labute approximate surface area is 187 Å². The molecule has 1 saturated heterocycles. The average molecular weight is 446 g/mol. The molecule has 8 nitrogen and oxygen atoms in total. The lowest BCUT2D eigenvalue weighted by Crippen LogP contribution is -2.42. The smallest absolute Gasteiger partial charge is 0.286 e. The van der Waals surface area contributed by atoms with Gasteiger partial charge in [0, 0.05) is 37.7 Å². The minimum absolute atomic E-state index is 0.0617. The Balaban J connectivity index is 1.34. The number of ether oxygens (including phenoxy) is 1. The average Bonchev–Trinajstić information content (AvgIpc) is 3.25. The van der Waals surface area contributed by atoms with Crippen LogP contribution in [-0.2, 0) is 11.2 Å². The summed E-state index contributed by atoms with van der Waals surface area (Å²) in [5.74, 6) is 0.492. The number of piperidine rings is 1. The molecule has 0 spiro atoms. The highest BCUT2D eigenvalue weighted by molar-refractivity contribution is 7.13. The Kier molecular flexibility index (Phi) is 8.78. The van der Waals surface area contributed by atoms with Crippen molar-refractivity contribution < 1.29 is 14.3 Å². The topological polar surface area (TPSA) is 96.5 Å². The summed E-state index contributed by atoms with van der Waals surface area (Å²) in [5, 5.41) is 14.9. The summed E-state index contributed by atoms with van der Waals surface area (Å²) in [5.41, 5.74) is 0.665. The summed E-state index contributed by atoms with van der Waals surface area (Å²) in [7, 11) is 1.59. The first-order chi connectivity index (χ1) is 15.0. The van der Waals surface area contributed by atoms with Gasteiger partial charge in [-0.15, -0.1) is 10.2 Å². The number of anilines is 1. The molecule has 31 heavy (non-hydrogen) atoms. The number of benzene rings is 1. The molecular formula is C22H31N5O3S. The third-order valence-corrected chi connectivity index (χ3v) is 6.45. The molecule has 0 unspecified atom stereocenters. The molecule has 1 aromatic carbocycles. The Morgan fingerprint density at radius 3 is 2.77 bits per heavy atom. The van der Waals surface area contributed by atoms with Gasteiger partial charge in [0.1, 0.15) is 10.8 Å². The lowest BCUT2D eigenvalue weighted by molar-refractivity contribution is -0.121. The van der Waals surface area contributed by atoms with Crippen LogP contribution in [0.4, 0.5) is 5.69 Å². The fourth-order valence-corrected chi connectivity index (χ4v) is 4.40. The lowest BCUT2D eigenvalue weighted by atomic mass is 10.0. The van der Waals surface area contributed by atoms with Gasteiger partial charge in [-0.25, -0.2) is 0 Å². The fraction of sp³-hybridized carbons (Fsp3) is 0.545. The molecule has 0 radical (unpaired) electrons. The van der Waals surface area contributed by atoms with Crippen molar-refractivity contribution in [1.82, 2.24) is 20.4 Å². The van der Waals surface area contributed by atoms with E-state index >= 15 is 0 Å². The number of aromatic nitrogens is 2. The molecule has 2 N–H and O–H groups in total. The highest BCUT2D eigenvalue weighted by atomic mass is 32.1. The third kappa shape index (κ3) is 7.29. The second-order valence-electron chi connectivity index (χ2n) is 7.77. The van der Waals surface area contributed by atoms with E-state index in [1.165, 1.54) is 30.6 Å². The van der Waals surface area contributed by atoms with E-state index in [4.69, 9.17) is 4.74 Å². The second-order valence-corrected chi connectivity index (χ2v) is 8.83. The van der Waals surface area contributed by atoms with Crippen molar-refractivity contribution in [1.29, 1.82) is 0 Å². The van der Waals surface area contributed by atoms with Crippen molar-refractivity contribution in [2.24, 2.45) is 0 Å². The Morgan fingerprint density at radius 2 is 2.03 bits per heavy atom. The maximum Gasteiger partial charge on any atom is 0.286 e. The highest BCUT2D eigenvalue weighted by Gasteiger charge is 2.17. The monoisotopic (exact) mass is 445 g/mol. The zero-order valence-electron chi connectivity index (χ0n) is 18.2. The number of carbonyl (C=O) groups is 2.